The molecule has 1 amide bonds. The van der Waals surface area contributed by atoms with Crippen LogP contribution in [0.2, 0.25) is 5.02 Å². The summed E-state index contributed by atoms with van der Waals surface area (Å²) >= 11 is 7.40. The van der Waals surface area contributed by atoms with Gasteiger partial charge >= 0.3 is 0 Å². The molecule has 0 saturated carbocycles. The summed E-state index contributed by atoms with van der Waals surface area (Å²) in [4.78, 5) is 15.0. The molecule has 2 aromatic carbocycles. The van der Waals surface area contributed by atoms with Crippen molar-refractivity contribution in [2.45, 2.75) is 13.0 Å². The van der Waals surface area contributed by atoms with E-state index in [2.05, 4.69) is 9.44 Å². The number of hydrogen-bond donors (Lipinski definition) is 2. The number of carbonyl (C=O) groups excluding carboxylic acids is 1. The number of rotatable bonds is 6. The largest absolute Gasteiger partial charge is 0.335 e. The summed E-state index contributed by atoms with van der Waals surface area (Å²) < 4.78 is 33.6. The van der Waals surface area contributed by atoms with Gasteiger partial charge in [0.1, 0.15) is 4.91 Å². The normalized spacial score (nSPS) is 15.9. The van der Waals surface area contributed by atoms with Crippen LogP contribution in [-0.4, -0.2) is 30.6 Å². The van der Waals surface area contributed by atoms with Crippen molar-refractivity contribution in [2.75, 3.05) is 11.8 Å². The van der Waals surface area contributed by atoms with E-state index in [1.807, 2.05) is 37.3 Å². The molecule has 10 heteroatoms. The third kappa shape index (κ3) is 4.36. The standard InChI is InChI=1S/C22H21ClN4O3S2/c1-15(16-7-4-3-5-8-16)26(2)22(28)18-11-10-17(23)13-19(18)25-32(29,30)21-9-6-12-27-20(21)14-24-31-27/h3-15,24-25H,1-2H3/t15-/m1/s1. The zero-order valence-corrected chi connectivity index (χ0v) is 19.7. The monoisotopic (exact) mass is 488 g/mol. The smallest absolute Gasteiger partial charge is 0.264 e. The van der Waals surface area contributed by atoms with Gasteiger partial charge in [-0.05, 0) is 42.8 Å². The number of allylic oxidation sites excluding steroid dienone is 2. The van der Waals surface area contributed by atoms with Gasteiger partial charge in [0.25, 0.3) is 15.9 Å². The number of sulfonamides is 1. The van der Waals surface area contributed by atoms with E-state index >= 15 is 0 Å². The molecule has 4 rings (SSSR count). The predicted octanol–water partition coefficient (Wildman–Crippen LogP) is 4.64. The van der Waals surface area contributed by atoms with Gasteiger partial charge in [-0.15, -0.1) is 0 Å². The highest BCUT2D eigenvalue weighted by Crippen LogP contribution is 2.35. The van der Waals surface area contributed by atoms with Gasteiger partial charge in [-0.25, -0.2) is 8.42 Å². The number of halogens is 1. The van der Waals surface area contributed by atoms with Crippen molar-refractivity contribution in [1.29, 1.82) is 0 Å². The number of carbonyl (C=O) groups is 1. The van der Waals surface area contributed by atoms with Crippen molar-refractivity contribution in [3.8, 4) is 0 Å². The van der Waals surface area contributed by atoms with E-state index in [0.29, 0.717) is 10.7 Å². The van der Waals surface area contributed by atoms with Crippen LogP contribution in [0.5, 0.6) is 0 Å². The molecule has 2 heterocycles. The lowest BCUT2D eigenvalue weighted by atomic mass is 10.1. The lowest BCUT2D eigenvalue weighted by molar-refractivity contribution is 0.0743. The van der Waals surface area contributed by atoms with Crippen LogP contribution in [0.25, 0.3) is 0 Å². The fourth-order valence-electron chi connectivity index (χ4n) is 3.37. The van der Waals surface area contributed by atoms with Gasteiger partial charge in [0.15, 0.2) is 0 Å². The van der Waals surface area contributed by atoms with Gasteiger partial charge in [-0.1, -0.05) is 41.9 Å². The van der Waals surface area contributed by atoms with Crippen molar-refractivity contribution in [3.05, 3.63) is 99.8 Å². The van der Waals surface area contributed by atoms with E-state index in [9.17, 15) is 13.2 Å². The third-order valence-corrected chi connectivity index (χ3v) is 7.62. The van der Waals surface area contributed by atoms with Crippen molar-refractivity contribution in [2.24, 2.45) is 0 Å². The van der Waals surface area contributed by atoms with Crippen LogP contribution in [-0.2, 0) is 10.0 Å². The average molecular weight is 489 g/mol. The molecule has 0 aliphatic carbocycles. The van der Waals surface area contributed by atoms with Gasteiger partial charge in [-0.2, -0.15) is 0 Å². The zero-order chi connectivity index (χ0) is 22.9. The molecule has 2 N–H and O–H groups in total. The lowest BCUT2D eigenvalue weighted by Gasteiger charge is -2.27. The fourth-order valence-corrected chi connectivity index (χ4v) is 5.52. The Morgan fingerprint density at radius 3 is 2.72 bits per heavy atom. The average Bonchev–Trinajstić information content (AvgIpc) is 3.27. The highest BCUT2D eigenvalue weighted by molar-refractivity contribution is 7.97. The summed E-state index contributed by atoms with van der Waals surface area (Å²) in [5.74, 6) is -0.327. The predicted molar refractivity (Wildman–Crippen MR) is 129 cm³/mol. The Labute approximate surface area is 196 Å². The molecule has 2 aliphatic heterocycles. The number of amides is 1. The summed E-state index contributed by atoms with van der Waals surface area (Å²) in [5, 5.41) is 0.314. The van der Waals surface area contributed by atoms with Crippen LogP contribution in [0, 0.1) is 0 Å². The molecule has 32 heavy (non-hydrogen) atoms. The highest BCUT2D eigenvalue weighted by atomic mass is 35.5. The quantitative estimate of drug-likeness (QED) is 0.577. The minimum Gasteiger partial charge on any atom is -0.335 e. The molecule has 2 aliphatic rings. The second kappa shape index (κ2) is 8.93. The first kappa shape index (κ1) is 22.3. The van der Waals surface area contributed by atoms with Crippen LogP contribution in [0.15, 0.2) is 83.7 Å². The molecule has 7 nitrogen and oxygen atoms in total. The molecule has 0 aromatic heterocycles. The van der Waals surface area contributed by atoms with Gasteiger partial charge in [0, 0.05) is 24.5 Å². The van der Waals surface area contributed by atoms with Crippen LogP contribution >= 0.6 is 23.7 Å². The highest BCUT2D eigenvalue weighted by Gasteiger charge is 2.31. The second-order valence-corrected chi connectivity index (χ2v) is 10.1. The minimum atomic E-state index is -3.99. The topological polar surface area (TPSA) is 81.8 Å². The number of nitrogens with one attached hydrogen (secondary N) is 2. The molecule has 166 valence electrons. The number of anilines is 1. The Balaban J connectivity index is 1.65. The molecule has 1 atom stereocenters. The molecule has 0 saturated heterocycles. The van der Waals surface area contributed by atoms with E-state index in [1.165, 1.54) is 30.3 Å². The molecule has 0 radical (unpaired) electrons. The summed E-state index contributed by atoms with van der Waals surface area (Å²) in [6.45, 7) is 1.91. The van der Waals surface area contributed by atoms with Gasteiger partial charge in [0.05, 0.1) is 35.1 Å². The van der Waals surface area contributed by atoms with Crippen LogP contribution in [0.3, 0.4) is 0 Å². The van der Waals surface area contributed by atoms with Crippen LogP contribution in [0.1, 0.15) is 28.9 Å². The summed E-state index contributed by atoms with van der Waals surface area (Å²) in [6, 6.07) is 13.9. The van der Waals surface area contributed by atoms with Crippen molar-refractivity contribution < 1.29 is 13.2 Å². The first-order valence-corrected chi connectivity index (χ1v) is 12.4. The minimum absolute atomic E-state index is 0.0851. The molecular weight excluding hydrogens is 468 g/mol. The van der Waals surface area contributed by atoms with Crippen molar-refractivity contribution in [3.63, 3.8) is 0 Å². The van der Waals surface area contributed by atoms with Gasteiger partial charge in [0.2, 0.25) is 0 Å². The molecule has 0 unspecified atom stereocenters. The Morgan fingerprint density at radius 1 is 1.22 bits per heavy atom. The van der Waals surface area contributed by atoms with Crippen molar-refractivity contribution in [1.82, 2.24) is 13.9 Å². The van der Waals surface area contributed by atoms with E-state index in [1.54, 1.807) is 40.8 Å². The number of benzene rings is 2. The first-order valence-electron chi connectivity index (χ1n) is 9.73. The van der Waals surface area contributed by atoms with E-state index in [4.69, 9.17) is 11.6 Å². The van der Waals surface area contributed by atoms with Gasteiger partial charge in [-0.3, -0.25) is 13.8 Å². The Bertz CT molecular complexity index is 1240. The molecule has 0 spiro atoms. The fraction of sp³-hybridized carbons (Fsp3) is 0.136. The van der Waals surface area contributed by atoms with E-state index in [-0.39, 0.29) is 28.1 Å². The Kier molecular flexibility index (Phi) is 6.23. The maximum atomic E-state index is 13.3. The third-order valence-electron chi connectivity index (χ3n) is 5.23. The van der Waals surface area contributed by atoms with Gasteiger partial charge < -0.3 is 9.62 Å². The summed E-state index contributed by atoms with van der Waals surface area (Å²) in [6.07, 6.45) is 6.52. The lowest BCUT2D eigenvalue weighted by Crippen LogP contribution is -2.31. The number of hydrogen-bond acceptors (Lipinski definition) is 6. The summed E-state index contributed by atoms with van der Waals surface area (Å²) in [7, 11) is -2.31. The summed E-state index contributed by atoms with van der Waals surface area (Å²) in [5.41, 5.74) is 1.79. The van der Waals surface area contributed by atoms with Crippen molar-refractivity contribution >= 4 is 45.4 Å². The van der Waals surface area contributed by atoms with E-state index < -0.39 is 10.0 Å². The molecule has 0 bridgehead atoms. The van der Waals surface area contributed by atoms with Crippen LogP contribution < -0.4 is 9.44 Å². The Morgan fingerprint density at radius 2 is 1.97 bits per heavy atom. The molecular formula is C22H21ClN4O3S2. The number of fused-ring (bicyclic) bond motifs is 1. The second-order valence-electron chi connectivity index (χ2n) is 7.24. The SMILES string of the molecule is C[C@H](c1ccccc1)N(C)C(=O)c1ccc(Cl)cc1NS(=O)(=O)C1=CC=CN2SNC=C12. The molecule has 2 aromatic rings. The first-order chi connectivity index (χ1) is 15.3. The maximum absolute atomic E-state index is 13.3. The number of nitrogens with zero attached hydrogens (tertiary/aromatic N) is 2. The zero-order valence-electron chi connectivity index (χ0n) is 17.3. The van der Waals surface area contributed by atoms with E-state index in [0.717, 1.165) is 5.56 Å². The molecule has 0 fully saturated rings. The maximum Gasteiger partial charge on any atom is 0.264 e. The van der Waals surface area contributed by atoms with Crippen LogP contribution in [0.4, 0.5) is 5.69 Å². The Hall–Kier alpha value is -2.88.